The van der Waals surface area contributed by atoms with Crippen molar-refractivity contribution in [2.45, 2.75) is 32.0 Å². The predicted molar refractivity (Wildman–Crippen MR) is 112 cm³/mol. The van der Waals surface area contributed by atoms with E-state index in [9.17, 15) is 0 Å². The number of para-hydroxylation sites is 2. The molecule has 0 saturated carbocycles. The standard InChI is InChI=1S/C20H20N6S2/c27-20-25(22-23-26(20)15-8-2-1-3-9-15)14-24-13-7-6-11-17(24)19-21-16-10-4-5-12-18(16)28-19/h1-5,8-10,12,17H,6-7,11,13-14H2/p+1/t17-/m0/s1. The molecule has 0 amide bonds. The van der Waals surface area contributed by atoms with E-state index in [4.69, 9.17) is 17.2 Å². The van der Waals surface area contributed by atoms with Crippen LogP contribution in [0.25, 0.3) is 15.9 Å². The molecule has 1 fully saturated rings. The summed E-state index contributed by atoms with van der Waals surface area (Å²) in [7, 11) is 0. The molecule has 28 heavy (non-hydrogen) atoms. The number of fused-ring (bicyclic) bond motifs is 1. The number of benzene rings is 2. The summed E-state index contributed by atoms with van der Waals surface area (Å²) in [5.74, 6) is 0. The summed E-state index contributed by atoms with van der Waals surface area (Å²) in [6.07, 6.45) is 3.61. The molecule has 2 aromatic heterocycles. The monoisotopic (exact) mass is 409 g/mol. The highest BCUT2D eigenvalue weighted by atomic mass is 32.1. The summed E-state index contributed by atoms with van der Waals surface area (Å²) < 4.78 is 5.47. The second-order valence-corrected chi connectivity index (χ2v) is 8.57. The van der Waals surface area contributed by atoms with E-state index in [1.165, 1.54) is 27.4 Å². The van der Waals surface area contributed by atoms with Crippen LogP contribution in [0.4, 0.5) is 0 Å². The third kappa shape index (κ3) is 3.28. The summed E-state index contributed by atoms with van der Waals surface area (Å²) in [4.78, 5) is 6.38. The maximum absolute atomic E-state index is 5.66. The van der Waals surface area contributed by atoms with Crippen LogP contribution >= 0.6 is 23.6 Å². The topological polar surface area (TPSA) is 53.0 Å². The molecule has 0 spiro atoms. The number of quaternary nitrogens is 1. The van der Waals surface area contributed by atoms with Gasteiger partial charge in [-0.25, -0.2) is 4.98 Å². The van der Waals surface area contributed by atoms with Gasteiger partial charge in [0.2, 0.25) is 4.77 Å². The first kappa shape index (κ1) is 17.7. The van der Waals surface area contributed by atoms with Gasteiger partial charge in [-0.1, -0.05) is 30.3 Å². The van der Waals surface area contributed by atoms with E-state index in [2.05, 4.69) is 34.7 Å². The SMILES string of the molecule is S=c1n(C[NH+]2CCCC[C@H]2c2nc3ccccc3s2)nnn1-c1ccccc1. The Bertz CT molecular complexity index is 1110. The molecule has 142 valence electrons. The van der Waals surface area contributed by atoms with Crippen molar-refractivity contribution in [2.24, 2.45) is 0 Å². The fraction of sp³-hybridized carbons (Fsp3) is 0.300. The van der Waals surface area contributed by atoms with Crippen LogP contribution < -0.4 is 4.90 Å². The van der Waals surface area contributed by atoms with Gasteiger partial charge >= 0.3 is 0 Å². The quantitative estimate of drug-likeness (QED) is 0.526. The first-order valence-corrected chi connectivity index (χ1v) is 10.8. The van der Waals surface area contributed by atoms with Gasteiger partial charge in [-0.3, -0.25) is 0 Å². The first-order valence-electron chi connectivity index (χ1n) is 9.58. The van der Waals surface area contributed by atoms with Crippen molar-refractivity contribution in [1.82, 2.24) is 24.8 Å². The molecule has 2 aromatic carbocycles. The van der Waals surface area contributed by atoms with Crippen molar-refractivity contribution in [1.29, 1.82) is 0 Å². The highest BCUT2D eigenvalue weighted by molar-refractivity contribution is 7.71. The van der Waals surface area contributed by atoms with Crippen LogP contribution in [-0.2, 0) is 6.67 Å². The first-order chi connectivity index (χ1) is 13.8. The van der Waals surface area contributed by atoms with Gasteiger partial charge in [0.05, 0.1) is 22.4 Å². The van der Waals surface area contributed by atoms with Crippen molar-refractivity contribution in [3.05, 3.63) is 64.4 Å². The smallest absolute Gasteiger partial charge is 0.225 e. The summed E-state index contributed by atoms with van der Waals surface area (Å²) >= 11 is 7.47. The van der Waals surface area contributed by atoms with Crippen molar-refractivity contribution in [3.8, 4) is 5.69 Å². The molecule has 1 N–H and O–H groups in total. The average molecular weight is 410 g/mol. The number of nitrogens with zero attached hydrogens (tertiary/aromatic N) is 5. The summed E-state index contributed by atoms with van der Waals surface area (Å²) in [6, 6.07) is 18.7. The van der Waals surface area contributed by atoms with Crippen LogP contribution in [0.1, 0.15) is 30.3 Å². The molecule has 6 nitrogen and oxygen atoms in total. The summed E-state index contributed by atoms with van der Waals surface area (Å²) in [5, 5.41) is 9.85. The molecule has 1 unspecified atom stereocenters. The Morgan fingerprint density at radius 1 is 1.04 bits per heavy atom. The van der Waals surface area contributed by atoms with Crippen molar-refractivity contribution in [2.75, 3.05) is 6.54 Å². The van der Waals surface area contributed by atoms with Crippen molar-refractivity contribution in [3.63, 3.8) is 0 Å². The van der Waals surface area contributed by atoms with E-state index in [-0.39, 0.29) is 0 Å². The van der Waals surface area contributed by atoms with Crippen LogP contribution in [-0.4, -0.2) is 31.3 Å². The molecular weight excluding hydrogens is 388 g/mol. The molecule has 4 aromatic rings. The third-order valence-electron chi connectivity index (χ3n) is 5.34. The molecule has 8 heteroatoms. The fourth-order valence-electron chi connectivity index (χ4n) is 3.90. The lowest BCUT2D eigenvalue weighted by molar-refractivity contribution is -0.959. The Balaban J connectivity index is 1.43. The largest absolute Gasteiger partial charge is 0.308 e. The number of hydrogen-bond acceptors (Lipinski definition) is 5. The Kier molecular flexibility index (Phi) is 4.76. The van der Waals surface area contributed by atoms with Crippen LogP contribution in [0.5, 0.6) is 0 Å². The van der Waals surface area contributed by atoms with Crippen LogP contribution in [0.2, 0.25) is 0 Å². The molecule has 2 atom stereocenters. The lowest BCUT2D eigenvalue weighted by Gasteiger charge is -2.30. The van der Waals surface area contributed by atoms with Crippen molar-refractivity contribution < 1.29 is 4.90 Å². The number of piperidine rings is 1. The van der Waals surface area contributed by atoms with Gasteiger partial charge in [0, 0.05) is 6.42 Å². The van der Waals surface area contributed by atoms with Gasteiger partial charge in [0.1, 0.15) is 6.04 Å². The fourth-order valence-corrected chi connectivity index (χ4v) is 5.31. The summed E-state index contributed by atoms with van der Waals surface area (Å²) in [5.41, 5.74) is 2.04. The number of hydrogen-bond donors (Lipinski definition) is 1. The summed E-state index contributed by atoms with van der Waals surface area (Å²) in [6.45, 7) is 1.81. The van der Waals surface area contributed by atoms with Crippen LogP contribution in [0, 0.1) is 4.77 Å². The highest BCUT2D eigenvalue weighted by Gasteiger charge is 2.31. The Labute approximate surface area is 172 Å². The molecule has 3 heterocycles. The number of tetrazole rings is 1. The molecule has 1 aliphatic rings. The van der Waals surface area contributed by atoms with E-state index in [1.807, 2.05) is 46.4 Å². The second kappa shape index (κ2) is 7.54. The molecule has 5 rings (SSSR count). The average Bonchev–Trinajstić information content (AvgIpc) is 3.33. The van der Waals surface area contributed by atoms with Crippen LogP contribution in [0.3, 0.4) is 0 Å². The zero-order chi connectivity index (χ0) is 18.9. The van der Waals surface area contributed by atoms with E-state index >= 15 is 0 Å². The van der Waals surface area contributed by atoms with Gasteiger partial charge in [-0.15, -0.1) is 11.3 Å². The number of nitrogens with one attached hydrogen (secondary N) is 1. The maximum atomic E-state index is 5.66. The predicted octanol–water partition coefficient (Wildman–Crippen LogP) is 3.18. The zero-order valence-electron chi connectivity index (χ0n) is 15.4. The Morgan fingerprint density at radius 3 is 2.71 bits per heavy atom. The Morgan fingerprint density at radius 2 is 1.86 bits per heavy atom. The lowest BCUT2D eigenvalue weighted by Crippen LogP contribution is -3.12. The normalized spacial score (nSPS) is 19.9. The lowest BCUT2D eigenvalue weighted by atomic mass is 10.0. The minimum Gasteiger partial charge on any atom is -0.308 e. The van der Waals surface area contributed by atoms with Gasteiger partial charge in [0.15, 0.2) is 11.7 Å². The van der Waals surface area contributed by atoms with Gasteiger partial charge in [-0.05, 0) is 59.8 Å². The third-order valence-corrected chi connectivity index (χ3v) is 6.87. The number of aromatic nitrogens is 5. The van der Waals surface area contributed by atoms with E-state index < -0.39 is 0 Å². The van der Waals surface area contributed by atoms with Gasteiger partial charge < -0.3 is 4.90 Å². The minimum atomic E-state index is 0.384. The zero-order valence-corrected chi connectivity index (χ0v) is 17.0. The second-order valence-electron chi connectivity index (χ2n) is 7.14. The molecule has 0 bridgehead atoms. The van der Waals surface area contributed by atoms with E-state index in [1.54, 1.807) is 4.68 Å². The molecule has 0 aliphatic carbocycles. The molecule has 1 aliphatic heterocycles. The van der Waals surface area contributed by atoms with Crippen molar-refractivity contribution >= 4 is 33.8 Å². The minimum absolute atomic E-state index is 0.384. The van der Waals surface area contributed by atoms with Gasteiger partial charge in [-0.2, -0.15) is 9.36 Å². The van der Waals surface area contributed by atoms with Crippen LogP contribution in [0.15, 0.2) is 54.6 Å². The molecule has 0 radical (unpaired) electrons. The Hall–Kier alpha value is -2.42. The number of rotatable bonds is 4. The highest BCUT2D eigenvalue weighted by Crippen LogP contribution is 2.28. The van der Waals surface area contributed by atoms with Gasteiger partial charge in [0.25, 0.3) is 0 Å². The number of likely N-dealkylation sites (tertiary alicyclic amines) is 1. The van der Waals surface area contributed by atoms with E-state index in [0.29, 0.717) is 17.5 Å². The molecule has 1 saturated heterocycles. The maximum Gasteiger partial charge on any atom is 0.225 e. The number of thiazole rings is 1. The molecular formula is C20H21N6S2+. The van der Waals surface area contributed by atoms with E-state index in [0.717, 1.165) is 24.2 Å².